The van der Waals surface area contributed by atoms with E-state index in [2.05, 4.69) is 15.3 Å². The van der Waals surface area contributed by atoms with Crippen LogP contribution >= 0.6 is 0 Å². The van der Waals surface area contributed by atoms with E-state index in [9.17, 15) is 9.90 Å². The second-order valence-corrected chi connectivity index (χ2v) is 3.81. The van der Waals surface area contributed by atoms with Gasteiger partial charge in [0.25, 0.3) is 0 Å². The first-order chi connectivity index (χ1) is 9.19. The number of azide groups is 1. The molecule has 0 aliphatic heterocycles. The number of nitrogens with zero attached hydrogens (tertiary/aromatic N) is 3. The predicted molar refractivity (Wildman–Crippen MR) is 70.0 cm³/mol. The topological polar surface area (TPSA) is 107 Å². The Morgan fingerprint density at radius 2 is 2.21 bits per heavy atom. The van der Waals surface area contributed by atoms with E-state index in [1.54, 1.807) is 31.4 Å². The van der Waals surface area contributed by atoms with Gasteiger partial charge in [-0.05, 0) is 36.2 Å². The lowest BCUT2D eigenvalue weighted by atomic mass is 10.1. The predicted octanol–water partition coefficient (Wildman–Crippen LogP) is 2.11. The lowest BCUT2D eigenvalue weighted by Crippen LogP contribution is -2.29. The van der Waals surface area contributed by atoms with Crippen LogP contribution in [0.4, 0.5) is 0 Å². The highest BCUT2D eigenvalue weighted by atomic mass is 16.5. The summed E-state index contributed by atoms with van der Waals surface area (Å²) in [6, 6.07) is 6.06. The minimum absolute atomic E-state index is 0.346. The summed E-state index contributed by atoms with van der Waals surface area (Å²) in [5.74, 6) is -0.273. The monoisotopic (exact) mass is 264 g/mol. The van der Waals surface area contributed by atoms with Crippen LogP contribution in [0.3, 0.4) is 0 Å². The van der Waals surface area contributed by atoms with Crippen molar-refractivity contribution in [3.05, 3.63) is 40.3 Å². The fraction of sp³-hybridized carbons (Fsp3) is 0.417. The first-order valence-electron chi connectivity index (χ1n) is 5.80. The Hall–Kier alpha value is -2.24. The van der Waals surface area contributed by atoms with Crippen molar-refractivity contribution in [1.29, 1.82) is 0 Å². The van der Waals surface area contributed by atoms with Crippen LogP contribution in [-0.2, 0) is 4.79 Å². The molecule has 0 aliphatic rings. The number of hydrogen-bond donors (Lipinski definition) is 2. The van der Waals surface area contributed by atoms with Crippen molar-refractivity contribution in [2.45, 2.75) is 12.5 Å². The molecule has 7 nitrogen and oxygen atoms in total. The fourth-order valence-electron chi connectivity index (χ4n) is 1.58. The van der Waals surface area contributed by atoms with Gasteiger partial charge >= 0.3 is 5.97 Å². The van der Waals surface area contributed by atoms with Crippen LogP contribution in [-0.4, -0.2) is 31.3 Å². The average molecular weight is 264 g/mol. The Bertz CT molecular complexity index is 455. The van der Waals surface area contributed by atoms with Gasteiger partial charge in [-0.2, -0.15) is 0 Å². The van der Waals surface area contributed by atoms with Crippen molar-refractivity contribution in [2.24, 2.45) is 5.11 Å². The van der Waals surface area contributed by atoms with Gasteiger partial charge in [-0.1, -0.05) is 17.2 Å². The largest absolute Gasteiger partial charge is 0.497 e. The molecule has 0 heterocycles. The van der Waals surface area contributed by atoms with E-state index in [0.717, 1.165) is 0 Å². The summed E-state index contributed by atoms with van der Waals surface area (Å²) in [4.78, 5) is 13.8. The fourth-order valence-corrected chi connectivity index (χ4v) is 1.58. The summed E-state index contributed by atoms with van der Waals surface area (Å²) >= 11 is 0. The normalized spacial score (nSPS) is 11.4. The summed E-state index contributed by atoms with van der Waals surface area (Å²) < 4.78 is 5.02. The third-order valence-electron chi connectivity index (χ3n) is 2.54. The lowest BCUT2D eigenvalue weighted by Gasteiger charge is -2.14. The minimum Gasteiger partial charge on any atom is -0.497 e. The van der Waals surface area contributed by atoms with Crippen LogP contribution in [0.5, 0.6) is 5.75 Å². The molecule has 1 atom stereocenters. The number of ether oxygens (including phenoxy) is 1. The summed E-state index contributed by atoms with van der Waals surface area (Å²) in [5.41, 5.74) is 8.77. The number of carboxylic acid groups (broad SMARTS) is 1. The van der Waals surface area contributed by atoms with Crippen molar-refractivity contribution in [3.8, 4) is 5.75 Å². The van der Waals surface area contributed by atoms with E-state index < -0.39 is 12.0 Å². The Labute approximate surface area is 110 Å². The SMILES string of the molecule is COc1ccc(C(NCCCN=[N+]=[N-])C(=O)O)cc1. The molecule has 0 fully saturated rings. The zero-order valence-electron chi connectivity index (χ0n) is 10.6. The van der Waals surface area contributed by atoms with Crippen LogP contribution in [0, 0.1) is 0 Å². The molecule has 0 amide bonds. The minimum atomic E-state index is -0.950. The quantitative estimate of drug-likeness (QED) is 0.324. The molecular formula is C12H16N4O3. The van der Waals surface area contributed by atoms with Gasteiger partial charge in [-0.25, -0.2) is 0 Å². The van der Waals surface area contributed by atoms with E-state index in [4.69, 9.17) is 10.3 Å². The molecule has 1 unspecified atom stereocenters. The number of carboxylic acids is 1. The molecule has 0 bridgehead atoms. The zero-order chi connectivity index (χ0) is 14.1. The summed E-state index contributed by atoms with van der Waals surface area (Å²) in [6.45, 7) is 0.806. The summed E-state index contributed by atoms with van der Waals surface area (Å²) in [6.07, 6.45) is 0.587. The number of methoxy groups -OCH3 is 1. The Morgan fingerprint density at radius 1 is 1.53 bits per heavy atom. The molecule has 1 aromatic carbocycles. The smallest absolute Gasteiger partial charge is 0.325 e. The van der Waals surface area contributed by atoms with Gasteiger partial charge in [-0.3, -0.25) is 4.79 Å². The van der Waals surface area contributed by atoms with E-state index in [1.807, 2.05) is 0 Å². The summed E-state index contributed by atoms with van der Waals surface area (Å²) in [5, 5.41) is 15.5. The third kappa shape index (κ3) is 4.87. The molecule has 0 saturated carbocycles. The number of carbonyl (C=O) groups is 1. The molecule has 1 rings (SSSR count). The Kier molecular flexibility index (Phi) is 6.21. The van der Waals surface area contributed by atoms with E-state index >= 15 is 0 Å². The second kappa shape index (κ2) is 7.97. The Balaban J connectivity index is 2.60. The molecule has 0 radical (unpaired) electrons. The number of benzene rings is 1. The molecule has 19 heavy (non-hydrogen) atoms. The first-order valence-corrected chi connectivity index (χ1v) is 5.80. The molecule has 0 aromatic heterocycles. The molecule has 0 aliphatic carbocycles. The second-order valence-electron chi connectivity index (χ2n) is 3.81. The number of hydrogen-bond acceptors (Lipinski definition) is 4. The highest BCUT2D eigenvalue weighted by molar-refractivity contribution is 5.75. The average Bonchev–Trinajstić information content (AvgIpc) is 2.43. The van der Waals surface area contributed by atoms with Gasteiger partial charge in [0.1, 0.15) is 11.8 Å². The van der Waals surface area contributed by atoms with Gasteiger partial charge in [0.05, 0.1) is 7.11 Å². The maximum atomic E-state index is 11.2. The van der Waals surface area contributed by atoms with Crippen LogP contribution in [0.15, 0.2) is 29.4 Å². The zero-order valence-corrected chi connectivity index (χ0v) is 10.6. The molecule has 102 valence electrons. The van der Waals surface area contributed by atoms with Crippen LogP contribution in [0.2, 0.25) is 0 Å². The van der Waals surface area contributed by atoms with Gasteiger partial charge < -0.3 is 15.2 Å². The standard InChI is InChI=1S/C12H16N4O3/c1-19-10-5-3-9(4-6-10)11(12(17)18)14-7-2-8-15-16-13/h3-6,11,14H,2,7-8H2,1H3,(H,17,18). The summed E-state index contributed by atoms with van der Waals surface area (Å²) in [7, 11) is 1.55. The van der Waals surface area contributed by atoms with Crippen LogP contribution in [0.1, 0.15) is 18.0 Å². The van der Waals surface area contributed by atoms with Crippen molar-refractivity contribution < 1.29 is 14.6 Å². The number of nitrogens with one attached hydrogen (secondary N) is 1. The van der Waals surface area contributed by atoms with Gasteiger partial charge in [-0.15, -0.1) is 0 Å². The number of aliphatic carboxylic acids is 1. The first kappa shape index (κ1) is 14.8. The Morgan fingerprint density at radius 3 is 2.74 bits per heavy atom. The van der Waals surface area contributed by atoms with Gasteiger partial charge in [0.2, 0.25) is 0 Å². The maximum Gasteiger partial charge on any atom is 0.325 e. The number of rotatable bonds is 8. The van der Waals surface area contributed by atoms with Crippen LogP contribution in [0.25, 0.3) is 10.4 Å². The molecule has 7 heteroatoms. The van der Waals surface area contributed by atoms with Crippen LogP contribution < -0.4 is 10.1 Å². The van der Waals surface area contributed by atoms with E-state index in [0.29, 0.717) is 30.8 Å². The lowest BCUT2D eigenvalue weighted by molar-refractivity contribution is -0.139. The maximum absolute atomic E-state index is 11.2. The van der Waals surface area contributed by atoms with E-state index in [1.165, 1.54) is 0 Å². The molecule has 0 saturated heterocycles. The van der Waals surface area contributed by atoms with Crippen molar-refractivity contribution in [2.75, 3.05) is 20.2 Å². The van der Waals surface area contributed by atoms with Gasteiger partial charge in [0.15, 0.2) is 0 Å². The molecule has 1 aromatic rings. The highest BCUT2D eigenvalue weighted by Crippen LogP contribution is 2.17. The molecule has 0 spiro atoms. The van der Waals surface area contributed by atoms with Crippen molar-refractivity contribution in [1.82, 2.24) is 5.32 Å². The highest BCUT2D eigenvalue weighted by Gasteiger charge is 2.18. The molecule has 2 N–H and O–H groups in total. The van der Waals surface area contributed by atoms with Gasteiger partial charge in [0, 0.05) is 11.5 Å². The van der Waals surface area contributed by atoms with Crippen molar-refractivity contribution >= 4 is 5.97 Å². The van der Waals surface area contributed by atoms with E-state index in [-0.39, 0.29) is 0 Å². The third-order valence-corrected chi connectivity index (χ3v) is 2.54. The van der Waals surface area contributed by atoms with Crippen molar-refractivity contribution in [3.63, 3.8) is 0 Å². The molecular weight excluding hydrogens is 248 g/mol.